The molecule has 1 aromatic heterocycles. The highest BCUT2D eigenvalue weighted by Crippen LogP contribution is 2.45. The highest BCUT2D eigenvalue weighted by atomic mass is 32.1. The van der Waals surface area contributed by atoms with Crippen LogP contribution in [-0.2, 0) is 0 Å². The van der Waals surface area contributed by atoms with Gasteiger partial charge in [-0.3, -0.25) is 0 Å². The van der Waals surface area contributed by atoms with Crippen LogP contribution in [0.4, 0.5) is 0 Å². The average Bonchev–Trinajstić information content (AvgIpc) is 2.87. The smallest absolute Gasteiger partial charge is 0.0601 e. The first-order valence-electron chi connectivity index (χ1n) is 8.46. The monoisotopic (exact) mass is 308 g/mol. The second kappa shape index (κ2) is 7.26. The van der Waals surface area contributed by atoms with E-state index >= 15 is 0 Å². The van der Waals surface area contributed by atoms with Crippen LogP contribution in [0.2, 0.25) is 0 Å². The molecule has 0 aliphatic heterocycles. The van der Waals surface area contributed by atoms with Gasteiger partial charge in [0.05, 0.1) is 6.04 Å². The van der Waals surface area contributed by atoms with Crippen molar-refractivity contribution < 1.29 is 0 Å². The molecule has 120 valence electrons. The normalized spacial score (nSPS) is 28.0. The van der Waals surface area contributed by atoms with Crippen LogP contribution < -0.4 is 5.32 Å². The van der Waals surface area contributed by atoms with E-state index in [1.54, 1.807) is 0 Å². The number of nitrogens with one attached hydrogen (secondary N) is 1. The molecule has 3 heteroatoms. The summed E-state index contributed by atoms with van der Waals surface area (Å²) in [5, 5.41) is 3.87. The Balaban J connectivity index is 2.31. The molecule has 0 radical (unpaired) electrons. The Bertz CT molecular complexity index is 430. The van der Waals surface area contributed by atoms with Crippen LogP contribution in [-0.4, -0.2) is 31.1 Å². The molecule has 0 spiro atoms. The molecular formula is C18H32N2S. The first-order valence-corrected chi connectivity index (χ1v) is 9.28. The Morgan fingerprint density at radius 1 is 1.33 bits per heavy atom. The minimum absolute atomic E-state index is 0.277. The third-order valence-corrected chi connectivity index (χ3v) is 6.28. The lowest BCUT2D eigenvalue weighted by atomic mass is 9.71. The van der Waals surface area contributed by atoms with E-state index < -0.39 is 0 Å². The summed E-state index contributed by atoms with van der Waals surface area (Å²) in [4.78, 5) is 5.44. The van der Waals surface area contributed by atoms with E-state index in [-0.39, 0.29) is 5.54 Å². The molecule has 1 unspecified atom stereocenters. The fourth-order valence-corrected chi connectivity index (χ4v) is 4.77. The van der Waals surface area contributed by atoms with Gasteiger partial charge in [-0.1, -0.05) is 13.8 Å². The summed E-state index contributed by atoms with van der Waals surface area (Å²) in [6, 6.07) is 5.09. The largest absolute Gasteiger partial charge is 0.308 e. The van der Waals surface area contributed by atoms with Crippen LogP contribution >= 0.6 is 11.3 Å². The third-order valence-electron chi connectivity index (χ3n) is 5.21. The second-order valence-corrected chi connectivity index (χ2v) is 8.34. The van der Waals surface area contributed by atoms with Crippen LogP contribution in [0.1, 0.15) is 61.7 Å². The van der Waals surface area contributed by atoms with E-state index in [0.29, 0.717) is 6.04 Å². The Hall–Kier alpha value is -0.380. The van der Waals surface area contributed by atoms with Gasteiger partial charge in [0, 0.05) is 15.3 Å². The van der Waals surface area contributed by atoms with E-state index in [0.717, 1.165) is 12.5 Å². The predicted molar refractivity (Wildman–Crippen MR) is 94.1 cm³/mol. The molecule has 0 amide bonds. The maximum atomic E-state index is 3.87. The zero-order chi connectivity index (χ0) is 15.5. The predicted octanol–water partition coefficient (Wildman–Crippen LogP) is 4.61. The SMILES string of the molecule is CCCNC(c1ccc(C)s1)C1(N(C)C)CCC(C)CC1. The fraction of sp³-hybridized carbons (Fsp3) is 0.778. The lowest BCUT2D eigenvalue weighted by Gasteiger charge is -2.49. The third kappa shape index (κ3) is 3.69. The molecule has 2 rings (SSSR count). The van der Waals surface area contributed by atoms with E-state index in [1.165, 1.54) is 41.9 Å². The van der Waals surface area contributed by atoms with Crippen LogP contribution in [0.3, 0.4) is 0 Å². The van der Waals surface area contributed by atoms with E-state index in [4.69, 9.17) is 0 Å². The van der Waals surface area contributed by atoms with Gasteiger partial charge in [0.1, 0.15) is 0 Å². The quantitative estimate of drug-likeness (QED) is 0.825. The maximum Gasteiger partial charge on any atom is 0.0601 e. The van der Waals surface area contributed by atoms with Crippen molar-refractivity contribution in [2.75, 3.05) is 20.6 Å². The number of hydrogen-bond acceptors (Lipinski definition) is 3. The molecule has 21 heavy (non-hydrogen) atoms. The summed E-state index contributed by atoms with van der Waals surface area (Å²) < 4.78 is 0. The number of hydrogen-bond donors (Lipinski definition) is 1. The standard InChI is InChI=1S/C18H32N2S/c1-6-13-19-17(16-8-7-15(3)21-16)18(20(4)5)11-9-14(2)10-12-18/h7-8,14,17,19H,6,9-13H2,1-5H3. The van der Waals surface area contributed by atoms with Crippen molar-refractivity contribution in [3.05, 3.63) is 21.9 Å². The molecule has 1 N–H and O–H groups in total. The topological polar surface area (TPSA) is 15.3 Å². The molecule has 1 fully saturated rings. The van der Waals surface area contributed by atoms with E-state index in [1.807, 2.05) is 11.3 Å². The molecular weight excluding hydrogens is 276 g/mol. The molecule has 1 aromatic rings. The number of nitrogens with zero attached hydrogens (tertiary/aromatic N) is 1. The molecule has 0 bridgehead atoms. The number of rotatable bonds is 6. The Morgan fingerprint density at radius 3 is 2.48 bits per heavy atom. The van der Waals surface area contributed by atoms with Crippen LogP contribution in [0.25, 0.3) is 0 Å². The summed E-state index contributed by atoms with van der Waals surface area (Å²) in [7, 11) is 4.55. The first kappa shape index (κ1) is 17.0. The van der Waals surface area contributed by atoms with Crippen molar-refractivity contribution in [2.24, 2.45) is 5.92 Å². The van der Waals surface area contributed by atoms with Crippen molar-refractivity contribution in [3.63, 3.8) is 0 Å². The average molecular weight is 309 g/mol. The highest BCUT2D eigenvalue weighted by Gasteiger charge is 2.43. The molecule has 1 saturated carbocycles. The van der Waals surface area contributed by atoms with Crippen molar-refractivity contribution in [1.82, 2.24) is 10.2 Å². The zero-order valence-electron chi connectivity index (χ0n) is 14.4. The summed E-state index contributed by atoms with van der Waals surface area (Å²) in [5.41, 5.74) is 0.277. The van der Waals surface area contributed by atoms with E-state index in [2.05, 4.69) is 57.2 Å². The van der Waals surface area contributed by atoms with Gasteiger partial charge in [-0.05, 0) is 77.7 Å². The number of aryl methyl sites for hydroxylation is 1. The molecule has 1 atom stereocenters. The molecule has 2 nitrogen and oxygen atoms in total. The van der Waals surface area contributed by atoms with Crippen molar-refractivity contribution in [3.8, 4) is 0 Å². The summed E-state index contributed by atoms with van der Waals surface area (Å²) in [5.74, 6) is 0.884. The van der Waals surface area contributed by atoms with Crippen molar-refractivity contribution in [1.29, 1.82) is 0 Å². The Labute approximate surface area is 134 Å². The van der Waals surface area contributed by atoms with Gasteiger partial charge in [0.15, 0.2) is 0 Å². The summed E-state index contributed by atoms with van der Waals surface area (Å²) in [6.07, 6.45) is 6.51. The van der Waals surface area contributed by atoms with Crippen LogP contribution in [0.5, 0.6) is 0 Å². The molecule has 0 aromatic carbocycles. The minimum atomic E-state index is 0.277. The van der Waals surface area contributed by atoms with Crippen LogP contribution in [0, 0.1) is 12.8 Å². The van der Waals surface area contributed by atoms with Crippen molar-refractivity contribution >= 4 is 11.3 Å². The number of thiophene rings is 1. The number of likely N-dealkylation sites (N-methyl/N-ethyl adjacent to an activating group) is 1. The van der Waals surface area contributed by atoms with Gasteiger partial charge in [0.25, 0.3) is 0 Å². The molecule has 0 saturated heterocycles. The van der Waals surface area contributed by atoms with Gasteiger partial charge < -0.3 is 10.2 Å². The summed E-state index contributed by atoms with van der Waals surface area (Å²) in [6.45, 7) is 7.99. The van der Waals surface area contributed by atoms with E-state index in [9.17, 15) is 0 Å². The molecule has 1 aliphatic rings. The lowest BCUT2D eigenvalue weighted by Crippen LogP contribution is -2.55. The van der Waals surface area contributed by atoms with Gasteiger partial charge in [-0.2, -0.15) is 0 Å². The summed E-state index contributed by atoms with van der Waals surface area (Å²) >= 11 is 1.97. The molecule has 1 aliphatic carbocycles. The maximum absolute atomic E-state index is 3.87. The van der Waals surface area contributed by atoms with Gasteiger partial charge in [-0.15, -0.1) is 11.3 Å². The Morgan fingerprint density at radius 2 is 2.00 bits per heavy atom. The van der Waals surface area contributed by atoms with Crippen molar-refractivity contribution in [2.45, 2.75) is 64.5 Å². The van der Waals surface area contributed by atoms with Gasteiger partial charge in [0.2, 0.25) is 0 Å². The minimum Gasteiger partial charge on any atom is -0.308 e. The van der Waals surface area contributed by atoms with Gasteiger partial charge >= 0.3 is 0 Å². The Kier molecular flexibility index (Phi) is 5.87. The highest BCUT2D eigenvalue weighted by molar-refractivity contribution is 7.12. The lowest BCUT2D eigenvalue weighted by molar-refractivity contribution is 0.0441. The molecule has 1 heterocycles. The van der Waals surface area contributed by atoms with Gasteiger partial charge in [-0.25, -0.2) is 0 Å². The van der Waals surface area contributed by atoms with Crippen LogP contribution in [0.15, 0.2) is 12.1 Å². The second-order valence-electron chi connectivity index (χ2n) is 7.02. The fourth-order valence-electron chi connectivity index (χ4n) is 3.71. The zero-order valence-corrected chi connectivity index (χ0v) is 15.2. The first-order chi connectivity index (χ1) is 9.99.